The minimum Gasteiger partial charge on any atom is -0.364 e. The van der Waals surface area contributed by atoms with Gasteiger partial charge in [0.25, 0.3) is 5.91 Å². The van der Waals surface area contributed by atoms with Crippen LogP contribution in [0.15, 0.2) is 43.0 Å². The molecule has 3 rings (SSSR count). The van der Waals surface area contributed by atoms with Crippen LogP contribution in [0.3, 0.4) is 0 Å². The van der Waals surface area contributed by atoms with Gasteiger partial charge >= 0.3 is 0 Å². The van der Waals surface area contributed by atoms with Crippen LogP contribution in [0.5, 0.6) is 0 Å². The summed E-state index contributed by atoms with van der Waals surface area (Å²) in [6.45, 7) is 0. The summed E-state index contributed by atoms with van der Waals surface area (Å²) in [6, 6.07) is 7.01. The Bertz CT molecular complexity index is 783. The van der Waals surface area contributed by atoms with Crippen molar-refractivity contribution in [3.8, 4) is 0 Å². The molecule has 1 amide bonds. The minimum absolute atomic E-state index is 0.148. The van der Waals surface area contributed by atoms with Crippen LogP contribution in [0.25, 0.3) is 11.0 Å². The van der Waals surface area contributed by atoms with Crippen LogP contribution in [0, 0.1) is 0 Å². The zero-order valence-corrected chi connectivity index (χ0v) is 10.3. The summed E-state index contributed by atoms with van der Waals surface area (Å²) in [7, 11) is 0. The predicted molar refractivity (Wildman–Crippen MR) is 73.4 cm³/mol. The van der Waals surface area contributed by atoms with E-state index in [4.69, 9.17) is 5.73 Å². The smallest absolute Gasteiger partial charge is 0.269 e. The molecule has 0 aliphatic carbocycles. The molecule has 0 aliphatic rings. The second kappa shape index (κ2) is 4.88. The van der Waals surface area contributed by atoms with Crippen molar-refractivity contribution in [3.05, 3.63) is 48.7 Å². The zero-order valence-electron chi connectivity index (χ0n) is 10.3. The Labute approximate surface area is 113 Å². The van der Waals surface area contributed by atoms with E-state index in [1.165, 1.54) is 12.5 Å². The van der Waals surface area contributed by atoms with Gasteiger partial charge in [0, 0.05) is 12.4 Å². The van der Waals surface area contributed by atoms with E-state index < -0.39 is 5.91 Å². The number of nitrogens with zero attached hydrogens (tertiary/aromatic N) is 4. The first-order valence-corrected chi connectivity index (χ1v) is 5.83. The van der Waals surface area contributed by atoms with Gasteiger partial charge in [-0.1, -0.05) is 0 Å². The Balaban J connectivity index is 2.08. The summed E-state index contributed by atoms with van der Waals surface area (Å²) in [6.07, 6.45) is 4.57. The number of primary amides is 1. The number of hydrogen-bond donors (Lipinski definition) is 2. The third-order valence-electron chi connectivity index (χ3n) is 2.69. The molecule has 0 saturated heterocycles. The summed E-state index contributed by atoms with van der Waals surface area (Å²) in [4.78, 5) is 27.8. The summed E-state index contributed by atoms with van der Waals surface area (Å²) in [5.74, 6) is -0.120. The minimum atomic E-state index is -0.612. The van der Waals surface area contributed by atoms with Gasteiger partial charge < -0.3 is 11.1 Å². The highest BCUT2D eigenvalue weighted by molar-refractivity contribution is 5.98. The summed E-state index contributed by atoms with van der Waals surface area (Å²) >= 11 is 0. The molecule has 0 aromatic carbocycles. The number of anilines is 2. The van der Waals surface area contributed by atoms with Gasteiger partial charge in [-0.05, 0) is 24.3 Å². The van der Waals surface area contributed by atoms with Crippen molar-refractivity contribution < 1.29 is 4.79 Å². The van der Waals surface area contributed by atoms with Crippen molar-refractivity contribution >= 4 is 28.4 Å². The number of fused-ring (bicyclic) bond motifs is 1. The van der Waals surface area contributed by atoms with Crippen molar-refractivity contribution in [2.24, 2.45) is 5.73 Å². The average Bonchev–Trinajstić information content (AvgIpc) is 2.48. The van der Waals surface area contributed by atoms with Gasteiger partial charge in [-0.2, -0.15) is 0 Å². The SMILES string of the molecule is NC(=O)c1ncccc1Nc1ncnc2cccnc12. The van der Waals surface area contributed by atoms with E-state index in [1.807, 2.05) is 6.07 Å². The number of rotatable bonds is 3. The Morgan fingerprint density at radius 3 is 2.70 bits per heavy atom. The maximum Gasteiger partial charge on any atom is 0.269 e. The summed E-state index contributed by atoms with van der Waals surface area (Å²) in [5, 5.41) is 3.02. The van der Waals surface area contributed by atoms with Crippen LogP contribution in [0.2, 0.25) is 0 Å². The Kier molecular flexibility index (Phi) is 2.92. The molecule has 0 spiro atoms. The van der Waals surface area contributed by atoms with Crippen molar-refractivity contribution in [1.29, 1.82) is 0 Å². The molecule has 0 fully saturated rings. The molecular weight excluding hydrogens is 256 g/mol. The van der Waals surface area contributed by atoms with Gasteiger partial charge in [0.05, 0.1) is 11.2 Å². The van der Waals surface area contributed by atoms with Crippen LogP contribution in [-0.2, 0) is 0 Å². The average molecular weight is 266 g/mol. The number of nitrogens with one attached hydrogen (secondary N) is 1. The van der Waals surface area contributed by atoms with E-state index in [1.54, 1.807) is 24.4 Å². The largest absolute Gasteiger partial charge is 0.364 e. The second-order valence-electron chi connectivity index (χ2n) is 3.98. The Morgan fingerprint density at radius 2 is 1.85 bits per heavy atom. The number of pyridine rings is 2. The molecule has 0 bridgehead atoms. The lowest BCUT2D eigenvalue weighted by Crippen LogP contribution is -2.15. The standard InChI is InChI=1S/C13H10N6O/c14-12(20)10-9(4-2-5-15-10)19-13-11-8(17-7-18-13)3-1-6-16-11/h1-7H,(H2,14,20)(H,17,18,19). The lowest BCUT2D eigenvalue weighted by molar-refractivity contribution is 0.0996. The number of carbonyl (C=O) groups excluding carboxylic acids is 1. The lowest BCUT2D eigenvalue weighted by Gasteiger charge is -2.09. The first-order chi connectivity index (χ1) is 9.75. The van der Waals surface area contributed by atoms with Gasteiger partial charge in [-0.25, -0.2) is 15.0 Å². The van der Waals surface area contributed by atoms with Gasteiger partial charge in [-0.3, -0.25) is 9.78 Å². The zero-order chi connectivity index (χ0) is 13.9. The maximum atomic E-state index is 11.3. The van der Waals surface area contributed by atoms with Crippen LogP contribution < -0.4 is 11.1 Å². The number of hydrogen-bond acceptors (Lipinski definition) is 6. The quantitative estimate of drug-likeness (QED) is 0.739. The maximum absolute atomic E-state index is 11.3. The highest BCUT2D eigenvalue weighted by atomic mass is 16.1. The van der Waals surface area contributed by atoms with E-state index in [0.717, 1.165) is 0 Å². The highest BCUT2D eigenvalue weighted by Gasteiger charge is 2.11. The second-order valence-corrected chi connectivity index (χ2v) is 3.98. The highest BCUT2D eigenvalue weighted by Crippen LogP contribution is 2.22. The van der Waals surface area contributed by atoms with Crippen LogP contribution >= 0.6 is 0 Å². The molecule has 98 valence electrons. The Morgan fingerprint density at radius 1 is 1.05 bits per heavy atom. The van der Waals surface area contributed by atoms with Crippen LogP contribution in [0.4, 0.5) is 11.5 Å². The van der Waals surface area contributed by atoms with Crippen molar-refractivity contribution in [2.75, 3.05) is 5.32 Å². The molecule has 3 aromatic rings. The van der Waals surface area contributed by atoms with Crippen molar-refractivity contribution in [1.82, 2.24) is 19.9 Å². The van der Waals surface area contributed by atoms with Crippen molar-refractivity contribution in [3.63, 3.8) is 0 Å². The lowest BCUT2D eigenvalue weighted by atomic mass is 10.2. The monoisotopic (exact) mass is 266 g/mol. The Hall–Kier alpha value is -3.09. The first kappa shape index (κ1) is 12.0. The third-order valence-corrected chi connectivity index (χ3v) is 2.69. The molecule has 0 unspecified atom stereocenters. The first-order valence-electron chi connectivity index (χ1n) is 5.83. The van der Waals surface area contributed by atoms with Gasteiger partial charge in [0.2, 0.25) is 0 Å². The number of amides is 1. The molecule has 0 radical (unpaired) electrons. The molecule has 7 nitrogen and oxygen atoms in total. The molecule has 0 saturated carbocycles. The van der Waals surface area contributed by atoms with E-state index >= 15 is 0 Å². The van der Waals surface area contributed by atoms with Crippen LogP contribution in [-0.4, -0.2) is 25.8 Å². The van der Waals surface area contributed by atoms with E-state index in [0.29, 0.717) is 22.5 Å². The summed E-state index contributed by atoms with van der Waals surface area (Å²) < 4.78 is 0. The van der Waals surface area contributed by atoms with E-state index in [2.05, 4.69) is 25.3 Å². The van der Waals surface area contributed by atoms with Crippen molar-refractivity contribution in [2.45, 2.75) is 0 Å². The number of carbonyl (C=O) groups is 1. The van der Waals surface area contributed by atoms with Gasteiger partial charge in [-0.15, -0.1) is 0 Å². The van der Waals surface area contributed by atoms with E-state index in [-0.39, 0.29) is 5.69 Å². The predicted octanol–water partition coefficient (Wildman–Crippen LogP) is 1.26. The fourth-order valence-electron chi connectivity index (χ4n) is 1.81. The van der Waals surface area contributed by atoms with E-state index in [9.17, 15) is 4.79 Å². The molecule has 3 N–H and O–H groups in total. The van der Waals surface area contributed by atoms with Crippen LogP contribution in [0.1, 0.15) is 10.5 Å². The van der Waals surface area contributed by atoms with Gasteiger partial charge in [0.1, 0.15) is 11.8 Å². The molecular formula is C13H10N6O. The molecule has 0 aliphatic heterocycles. The third kappa shape index (κ3) is 2.12. The molecule has 7 heteroatoms. The molecule has 3 heterocycles. The topological polar surface area (TPSA) is 107 Å². The number of aromatic nitrogens is 4. The fraction of sp³-hybridized carbons (Fsp3) is 0. The molecule has 0 atom stereocenters. The number of nitrogens with two attached hydrogens (primary N) is 1. The summed E-state index contributed by atoms with van der Waals surface area (Å²) in [5.41, 5.74) is 7.23. The normalized spacial score (nSPS) is 10.4. The fourth-order valence-corrected chi connectivity index (χ4v) is 1.81. The molecule has 20 heavy (non-hydrogen) atoms. The molecule has 3 aromatic heterocycles. The van der Waals surface area contributed by atoms with Gasteiger partial charge in [0.15, 0.2) is 11.5 Å².